The summed E-state index contributed by atoms with van der Waals surface area (Å²) >= 11 is 1.50. The van der Waals surface area contributed by atoms with Crippen LogP contribution in [0.5, 0.6) is 0 Å². The Kier molecular flexibility index (Phi) is 6.21. The van der Waals surface area contributed by atoms with Gasteiger partial charge >= 0.3 is 6.18 Å². The molecule has 3 aromatic carbocycles. The van der Waals surface area contributed by atoms with Gasteiger partial charge in [0.1, 0.15) is 5.37 Å². The number of carbonyl (C=O) groups is 2. The number of rotatable bonds is 4. The molecule has 0 saturated carbocycles. The lowest BCUT2D eigenvalue weighted by atomic mass is 10.1. The standard InChI is InChI=1S/C25H21F3N2O2S/c1-15-6-11-21(12-16(15)2)30-22(31)14-33-24(30)18-4-3-5-20(13-18)29-23(32)17-7-9-19(10-8-17)25(26,27)28/h3-13,24H,14H2,1-2H3,(H,29,32). The normalized spacial score (nSPS) is 16.2. The Morgan fingerprint density at radius 1 is 1.00 bits per heavy atom. The lowest BCUT2D eigenvalue weighted by Crippen LogP contribution is -2.28. The summed E-state index contributed by atoms with van der Waals surface area (Å²) < 4.78 is 38.3. The highest BCUT2D eigenvalue weighted by Crippen LogP contribution is 2.42. The third-order valence-corrected chi connectivity index (χ3v) is 6.75. The van der Waals surface area contributed by atoms with E-state index in [1.165, 1.54) is 11.8 Å². The molecule has 1 heterocycles. The molecule has 0 aliphatic carbocycles. The molecular formula is C25H21F3N2O2S. The number of benzene rings is 3. The average Bonchev–Trinajstić information content (AvgIpc) is 3.17. The lowest BCUT2D eigenvalue weighted by molar-refractivity contribution is -0.137. The number of hydrogen-bond acceptors (Lipinski definition) is 3. The molecule has 0 aromatic heterocycles. The zero-order valence-corrected chi connectivity index (χ0v) is 18.8. The topological polar surface area (TPSA) is 49.4 Å². The Morgan fingerprint density at radius 3 is 2.39 bits per heavy atom. The summed E-state index contributed by atoms with van der Waals surface area (Å²) in [4.78, 5) is 27.0. The van der Waals surface area contributed by atoms with Crippen LogP contribution in [-0.4, -0.2) is 17.6 Å². The first-order valence-electron chi connectivity index (χ1n) is 10.2. The molecular weight excluding hydrogens is 449 g/mol. The van der Waals surface area contributed by atoms with Gasteiger partial charge in [0.05, 0.1) is 11.3 Å². The van der Waals surface area contributed by atoms with Crippen molar-refractivity contribution in [2.24, 2.45) is 0 Å². The van der Waals surface area contributed by atoms with Crippen molar-refractivity contribution < 1.29 is 22.8 Å². The molecule has 4 nitrogen and oxygen atoms in total. The highest BCUT2D eigenvalue weighted by Gasteiger charge is 2.34. The number of nitrogens with one attached hydrogen (secondary N) is 1. The maximum absolute atomic E-state index is 12.8. The van der Waals surface area contributed by atoms with Crippen molar-refractivity contribution in [1.29, 1.82) is 0 Å². The Labute approximate surface area is 193 Å². The van der Waals surface area contributed by atoms with Crippen molar-refractivity contribution in [3.05, 3.63) is 94.5 Å². The first kappa shape index (κ1) is 22.9. The van der Waals surface area contributed by atoms with Gasteiger partial charge in [0, 0.05) is 16.9 Å². The number of anilines is 2. The second kappa shape index (κ2) is 8.94. The van der Waals surface area contributed by atoms with Crippen LogP contribution in [0.4, 0.5) is 24.5 Å². The number of thioether (sulfide) groups is 1. The molecule has 170 valence electrons. The zero-order valence-electron chi connectivity index (χ0n) is 17.9. The monoisotopic (exact) mass is 470 g/mol. The average molecular weight is 471 g/mol. The van der Waals surface area contributed by atoms with E-state index < -0.39 is 17.6 Å². The van der Waals surface area contributed by atoms with Crippen molar-refractivity contribution in [2.45, 2.75) is 25.4 Å². The van der Waals surface area contributed by atoms with Gasteiger partial charge in [-0.3, -0.25) is 14.5 Å². The van der Waals surface area contributed by atoms with Crippen LogP contribution in [-0.2, 0) is 11.0 Å². The van der Waals surface area contributed by atoms with E-state index >= 15 is 0 Å². The highest BCUT2D eigenvalue weighted by molar-refractivity contribution is 8.00. The van der Waals surface area contributed by atoms with Crippen LogP contribution in [0, 0.1) is 13.8 Å². The molecule has 1 aliphatic rings. The van der Waals surface area contributed by atoms with Gasteiger partial charge in [-0.2, -0.15) is 13.2 Å². The van der Waals surface area contributed by atoms with Crippen molar-refractivity contribution >= 4 is 35.0 Å². The Balaban J connectivity index is 1.55. The van der Waals surface area contributed by atoms with Crippen LogP contribution in [0.15, 0.2) is 66.7 Å². The van der Waals surface area contributed by atoms with Gasteiger partial charge < -0.3 is 5.32 Å². The van der Waals surface area contributed by atoms with Crippen LogP contribution in [0.2, 0.25) is 0 Å². The highest BCUT2D eigenvalue weighted by atomic mass is 32.2. The van der Waals surface area contributed by atoms with E-state index in [4.69, 9.17) is 0 Å². The SMILES string of the molecule is Cc1ccc(N2C(=O)CSC2c2cccc(NC(=O)c3ccc(C(F)(F)F)cc3)c2)cc1C. The van der Waals surface area contributed by atoms with Crippen molar-refractivity contribution in [1.82, 2.24) is 0 Å². The first-order chi connectivity index (χ1) is 15.6. The number of nitrogens with zero attached hydrogens (tertiary/aromatic N) is 1. The molecule has 2 amide bonds. The van der Waals surface area contributed by atoms with E-state index in [1.54, 1.807) is 23.1 Å². The Morgan fingerprint density at radius 2 is 1.73 bits per heavy atom. The van der Waals surface area contributed by atoms with Gasteiger partial charge in [-0.05, 0) is 79.1 Å². The predicted octanol–water partition coefficient (Wildman–Crippen LogP) is 6.35. The summed E-state index contributed by atoms with van der Waals surface area (Å²) in [5, 5.41) is 2.48. The molecule has 1 atom stereocenters. The maximum Gasteiger partial charge on any atom is 0.416 e. The molecule has 1 aliphatic heterocycles. The zero-order chi connectivity index (χ0) is 23.8. The molecule has 1 saturated heterocycles. The number of hydrogen-bond donors (Lipinski definition) is 1. The predicted molar refractivity (Wildman–Crippen MR) is 124 cm³/mol. The number of halogens is 3. The minimum absolute atomic E-state index is 0.00689. The fourth-order valence-electron chi connectivity index (χ4n) is 3.61. The molecule has 33 heavy (non-hydrogen) atoms. The maximum atomic E-state index is 12.8. The van der Waals surface area contributed by atoms with E-state index in [1.807, 2.05) is 38.1 Å². The van der Waals surface area contributed by atoms with E-state index in [9.17, 15) is 22.8 Å². The molecule has 8 heteroatoms. The minimum Gasteiger partial charge on any atom is -0.322 e. The summed E-state index contributed by atoms with van der Waals surface area (Å²) in [5.41, 5.74) is 3.70. The Hall–Kier alpha value is -3.26. The Bertz CT molecular complexity index is 1210. The third kappa shape index (κ3) is 4.90. The van der Waals surface area contributed by atoms with Crippen LogP contribution >= 0.6 is 11.8 Å². The largest absolute Gasteiger partial charge is 0.416 e. The molecule has 1 fully saturated rings. The van der Waals surface area contributed by atoms with E-state index in [2.05, 4.69) is 5.32 Å². The minimum atomic E-state index is -4.46. The lowest BCUT2D eigenvalue weighted by Gasteiger charge is -2.25. The van der Waals surface area contributed by atoms with E-state index in [0.29, 0.717) is 11.4 Å². The summed E-state index contributed by atoms with van der Waals surface area (Å²) in [6, 6.07) is 17.1. The summed E-state index contributed by atoms with van der Waals surface area (Å²) in [6.07, 6.45) is -4.46. The first-order valence-corrected chi connectivity index (χ1v) is 11.3. The molecule has 1 N–H and O–H groups in total. The number of aryl methyl sites for hydroxylation is 2. The van der Waals surface area contributed by atoms with Crippen LogP contribution in [0.1, 0.15) is 38.0 Å². The molecule has 0 bridgehead atoms. The third-order valence-electron chi connectivity index (χ3n) is 5.54. The van der Waals surface area contributed by atoms with Crippen LogP contribution in [0.3, 0.4) is 0 Å². The smallest absolute Gasteiger partial charge is 0.322 e. The molecule has 0 spiro atoms. The van der Waals surface area contributed by atoms with Gasteiger partial charge in [-0.1, -0.05) is 18.2 Å². The fourth-order valence-corrected chi connectivity index (χ4v) is 4.78. The molecule has 3 aromatic rings. The molecule has 1 unspecified atom stereocenters. The van der Waals surface area contributed by atoms with Gasteiger partial charge in [-0.25, -0.2) is 0 Å². The summed E-state index contributed by atoms with van der Waals surface area (Å²) in [5.74, 6) is -0.158. The quantitative estimate of drug-likeness (QED) is 0.483. The second-order valence-electron chi connectivity index (χ2n) is 7.85. The molecule has 4 rings (SSSR count). The van der Waals surface area contributed by atoms with Crippen molar-refractivity contribution in [3.8, 4) is 0 Å². The number of alkyl halides is 3. The van der Waals surface area contributed by atoms with E-state index in [-0.39, 0.29) is 16.8 Å². The van der Waals surface area contributed by atoms with Gasteiger partial charge in [0.15, 0.2) is 0 Å². The van der Waals surface area contributed by atoms with Crippen molar-refractivity contribution in [3.63, 3.8) is 0 Å². The van der Waals surface area contributed by atoms with Gasteiger partial charge in [-0.15, -0.1) is 11.8 Å². The fraction of sp³-hybridized carbons (Fsp3) is 0.200. The second-order valence-corrected chi connectivity index (χ2v) is 8.92. The number of carbonyl (C=O) groups excluding carboxylic acids is 2. The van der Waals surface area contributed by atoms with E-state index in [0.717, 1.165) is 46.6 Å². The summed E-state index contributed by atoms with van der Waals surface area (Å²) in [6.45, 7) is 4.01. The summed E-state index contributed by atoms with van der Waals surface area (Å²) in [7, 11) is 0. The van der Waals surface area contributed by atoms with Crippen LogP contribution in [0.25, 0.3) is 0 Å². The van der Waals surface area contributed by atoms with Crippen molar-refractivity contribution in [2.75, 3.05) is 16.0 Å². The van der Waals surface area contributed by atoms with Crippen LogP contribution < -0.4 is 10.2 Å². The molecule has 0 radical (unpaired) electrons. The number of amides is 2. The van der Waals surface area contributed by atoms with Gasteiger partial charge in [0.2, 0.25) is 5.91 Å². The van der Waals surface area contributed by atoms with Gasteiger partial charge in [0.25, 0.3) is 5.91 Å².